The number of likely N-dealkylation sites (N-methyl/N-ethyl adjacent to an activating group) is 1. The van der Waals surface area contributed by atoms with Gasteiger partial charge in [-0.25, -0.2) is 8.78 Å². The molecule has 0 saturated carbocycles. The predicted octanol–water partition coefficient (Wildman–Crippen LogP) is 1.47. The number of carbonyl (C=O) groups excluding carboxylic acids is 1. The second kappa shape index (κ2) is 3.54. The third-order valence-corrected chi connectivity index (χ3v) is 2.22. The van der Waals surface area contributed by atoms with E-state index in [0.717, 1.165) is 0 Å². The van der Waals surface area contributed by atoms with Gasteiger partial charge in [-0.1, -0.05) is 6.08 Å². The van der Waals surface area contributed by atoms with Crippen molar-refractivity contribution in [2.45, 2.75) is 24.8 Å². The van der Waals surface area contributed by atoms with Crippen molar-refractivity contribution in [3.63, 3.8) is 0 Å². The molecule has 13 heavy (non-hydrogen) atoms. The van der Waals surface area contributed by atoms with Gasteiger partial charge < -0.3 is 0 Å². The molecule has 1 fully saturated rings. The first-order chi connectivity index (χ1) is 5.96. The number of halogens is 2. The van der Waals surface area contributed by atoms with E-state index in [1.54, 1.807) is 7.05 Å². The van der Waals surface area contributed by atoms with Crippen LogP contribution in [0.4, 0.5) is 8.78 Å². The number of alkyl halides is 2. The quantitative estimate of drug-likeness (QED) is 0.626. The molecule has 0 amide bonds. The second-order valence-electron chi connectivity index (χ2n) is 3.45. The van der Waals surface area contributed by atoms with Gasteiger partial charge in [-0.15, -0.1) is 6.58 Å². The van der Waals surface area contributed by atoms with E-state index in [1.807, 2.05) is 0 Å². The van der Waals surface area contributed by atoms with E-state index < -0.39 is 12.0 Å². The van der Waals surface area contributed by atoms with E-state index in [9.17, 15) is 13.6 Å². The second-order valence-corrected chi connectivity index (χ2v) is 3.45. The Morgan fingerprint density at radius 3 is 2.77 bits per heavy atom. The van der Waals surface area contributed by atoms with Gasteiger partial charge in [-0.05, 0) is 7.05 Å². The molecule has 1 rings (SSSR count). The SMILES string of the molecule is C=CCC(=O)[C@@H]1CC(F)(F)CN1C. The minimum absolute atomic E-state index is 0.172. The van der Waals surface area contributed by atoms with Crippen LogP contribution in [0.15, 0.2) is 12.7 Å². The Bertz CT molecular complexity index is 228. The number of rotatable bonds is 3. The molecule has 0 radical (unpaired) electrons. The maximum atomic E-state index is 12.8. The Hall–Kier alpha value is -0.770. The van der Waals surface area contributed by atoms with Gasteiger partial charge in [0, 0.05) is 12.8 Å². The third kappa shape index (κ3) is 2.34. The molecule has 1 heterocycles. The van der Waals surface area contributed by atoms with E-state index in [2.05, 4.69) is 6.58 Å². The first kappa shape index (κ1) is 10.3. The van der Waals surface area contributed by atoms with Crippen LogP contribution in [0.1, 0.15) is 12.8 Å². The molecule has 1 aliphatic heterocycles. The van der Waals surface area contributed by atoms with Gasteiger partial charge in [0.15, 0.2) is 5.78 Å². The van der Waals surface area contributed by atoms with Crippen LogP contribution in [-0.2, 0) is 4.79 Å². The molecule has 74 valence electrons. The summed E-state index contributed by atoms with van der Waals surface area (Å²) in [6.07, 6.45) is 1.27. The lowest BCUT2D eigenvalue weighted by Crippen LogP contribution is -2.32. The number of nitrogens with zero attached hydrogens (tertiary/aromatic N) is 1. The number of carbonyl (C=O) groups is 1. The van der Waals surface area contributed by atoms with Gasteiger partial charge in [0.05, 0.1) is 12.6 Å². The molecular weight excluding hydrogens is 176 g/mol. The average molecular weight is 189 g/mol. The van der Waals surface area contributed by atoms with Crippen molar-refractivity contribution in [1.82, 2.24) is 4.90 Å². The van der Waals surface area contributed by atoms with Crippen molar-refractivity contribution in [1.29, 1.82) is 0 Å². The predicted molar refractivity (Wildman–Crippen MR) is 45.8 cm³/mol. The van der Waals surface area contributed by atoms with Crippen LogP contribution in [0.25, 0.3) is 0 Å². The first-order valence-electron chi connectivity index (χ1n) is 4.18. The maximum absolute atomic E-state index is 12.8. The number of ketones is 1. The Labute approximate surface area is 76.2 Å². The summed E-state index contributed by atoms with van der Waals surface area (Å²) in [6.45, 7) is 3.09. The molecule has 2 nitrogen and oxygen atoms in total. The zero-order valence-electron chi connectivity index (χ0n) is 7.59. The van der Waals surface area contributed by atoms with Crippen molar-refractivity contribution in [3.8, 4) is 0 Å². The van der Waals surface area contributed by atoms with Crippen LogP contribution >= 0.6 is 0 Å². The summed E-state index contributed by atoms with van der Waals surface area (Å²) in [6, 6.07) is -0.631. The number of allylic oxidation sites excluding steroid dienone is 1. The lowest BCUT2D eigenvalue weighted by molar-refractivity contribution is -0.122. The highest BCUT2D eigenvalue weighted by molar-refractivity contribution is 5.85. The van der Waals surface area contributed by atoms with Crippen molar-refractivity contribution < 1.29 is 13.6 Å². The molecule has 0 unspecified atom stereocenters. The molecule has 0 N–H and O–H groups in total. The normalized spacial score (nSPS) is 27.5. The fraction of sp³-hybridized carbons (Fsp3) is 0.667. The Morgan fingerprint density at radius 2 is 2.38 bits per heavy atom. The molecular formula is C9H13F2NO. The molecule has 0 aromatic carbocycles. The van der Waals surface area contributed by atoms with Crippen molar-refractivity contribution in [2.24, 2.45) is 0 Å². The molecule has 0 spiro atoms. The fourth-order valence-electron chi connectivity index (χ4n) is 1.62. The van der Waals surface area contributed by atoms with E-state index in [4.69, 9.17) is 0 Å². The minimum atomic E-state index is -2.71. The first-order valence-corrected chi connectivity index (χ1v) is 4.18. The van der Waals surface area contributed by atoms with Crippen LogP contribution in [0, 0.1) is 0 Å². The van der Waals surface area contributed by atoms with Crippen molar-refractivity contribution in [2.75, 3.05) is 13.6 Å². The van der Waals surface area contributed by atoms with Crippen LogP contribution < -0.4 is 0 Å². The number of likely N-dealkylation sites (tertiary alicyclic amines) is 1. The van der Waals surface area contributed by atoms with Gasteiger partial charge in [0.2, 0.25) is 0 Å². The molecule has 0 aromatic rings. The van der Waals surface area contributed by atoms with Crippen molar-refractivity contribution in [3.05, 3.63) is 12.7 Å². The Kier molecular flexibility index (Phi) is 2.81. The van der Waals surface area contributed by atoms with E-state index in [-0.39, 0.29) is 25.2 Å². The molecule has 1 atom stereocenters. The van der Waals surface area contributed by atoms with E-state index in [0.29, 0.717) is 0 Å². The summed E-state index contributed by atoms with van der Waals surface area (Å²) in [4.78, 5) is 12.7. The summed E-state index contributed by atoms with van der Waals surface area (Å²) >= 11 is 0. The Balaban J connectivity index is 2.62. The van der Waals surface area contributed by atoms with E-state index in [1.165, 1.54) is 11.0 Å². The zero-order chi connectivity index (χ0) is 10.1. The molecule has 0 aliphatic carbocycles. The smallest absolute Gasteiger partial charge is 0.262 e. The van der Waals surface area contributed by atoms with Gasteiger partial charge in [-0.2, -0.15) is 0 Å². The summed E-state index contributed by atoms with van der Waals surface area (Å²) in [7, 11) is 1.55. The highest BCUT2D eigenvalue weighted by Crippen LogP contribution is 2.31. The number of Topliss-reactive ketones (excluding diaryl/α,β-unsaturated/α-hetero) is 1. The summed E-state index contributed by atoms with van der Waals surface area (Å²) < 4.78 is 25.7. The Morgan fingerprint density at radius 1 is 1.77 bits per heavy atom. The summed E-state index contributed by atoms with van der Waals surface area (Å²) in [5.41, 5.74) is 0. The van der Waals surface area contributed by atoms with Crippen LogP contribution in [0.5, 0.6) is 0 Å². The lowest BCUT2D eigenvalue weighted by atomic mass is 10.1. The monoisotopic (exact) mass is 189 g/mol. The molecule has 0 bridgehead atoms. The van der Waals surface area contributed by atoms with Gasteiger partial charge in [0.1, 0.15) is 0 Å². The van der Waals surface area contributed by atoms with Crippen LogP contribution in [0.2, 0.25) is 0 Å². The van der Waals surface area contributed by atoms with E-state index >= 15 is 0 Å². The largest absolute Gasteiger partial charge is 0.298 e. The molecule has 0 aromatic heterocycles. The van der Waals surface area contributed by atoms with Crippen LogP contribution in [0.3, 0.4) is 0 Å². The highest BCUT2D eigenvalue weighted by Gasteiger charge is 2.45. The zero-order valence-corrected chi connectivity index (χ0v) is 7.59. The summed E-state index contributed by atoms with van der Waals surface area (Å²) in [5.74, 6) is -2.88. The standard InChI is InChI=1S/C9H13F2NO/c1-3-4-8(13)7-5-9(10,11)6-12(7)2/h3,7H,1,4-6H2,2H3/t7-/m0/s1. The van der Waals surface area contributed by atoms with Gasteiger partial charge >= 0.3 is 0 Å². The van der Waals surface area contributed by atoms with Gasteiger partial charge in [0.25, 0.3) is 5.92 Å². The maximum Gasteiger partial charge on any atom is 0.262 e. The number of hydrogen-bond acceptors (Lipinski definition) is 2. The van der Waals surface area contributed by atoms with Crippen LogP contribution in [-0.4, -0.2) is 36.2 Å². The highest BCUT2D eigenvalue weighted by atomic mass is 19.3. The third-order valence-electron chi connectivity index (χ3n) is 2.22. The lowest BCUT2D eigenvalue weighted by Gasteiger charge is -2.15. The van der Waals surface area contributed by atoms with Gasteiger partial charge in [-0.3, -0.25) is 9.69 Å². The molecule has 1 saturated heterocycles. The average Bonchev–Trinajstić information content (AvgIpc) is 2.25. The summed E-state index contributed by atoms with van der Waals surface area (Å²) in [5, 5.41) is 0. The molecule has 4 heteroatoms. The topological polar surface area (TPSA) is 20.3 Å². The minimum Gasteiger partial charge on any atom is -0.298 e. The fourth-order valence-corrected chi connectivity index (χ4v) is 1.62. The van der Waals surface area contributed by atoms with Crippen molar-refractivity contribution >= 4 is 5.78 Å². The number of hydrogen-bond donors (Lipinski definition) is 0. The molecule has 1 aliphatic rings.